The molecule has 0 spiro atoms. The van der Waals surface area contributed by atoms with E-state index in [0.717, 1.165) is 49.4 Å². The van der Waals surface area contributed by atoms with Crippen LogP contribution in [0.5, 0.6) is 0 Å². The second kappa shape index (κ2) is 11.0. The van der Waals surface area contributed by atoms with Gasteiger partial charge in [0.2, 0.25) is 5.91 Å². The third-order valence-electron chi connectivity index (χ3n) is 7.79. The van der Waals surface area contributed by atoms with E-state index in [2.05, 4.69) is 46.9 Å². The number of benzene rings is 2. The van der Waals surface area contributed by atoms with Gasteiger partial charge in [-0.05, 0) is 54.6 Å². The van der Waals surface area contributed by atoms with Crippen LogP contribution in [0.15, 0.2) is 54.7 Å². The third-order valence-corrected chi connectivity index (χ3v) is 7.79. The van der Waals surface area contributed by atoms with Crippen LogP contribution in [-0.4, -0.2) is 71.6 Å². The number of ketones is 1. The molecule has 0 bridgehead atoms. The first-order valence-corrected chi connectivity index (χ1v) is 13.3. The van der Waals surface area contributed by atoms with Gasteiger partial charge in [-0.3, -0.25) is 19.3 Å². The molecule has 1 unspecified atom stereocenters. The highest BCUT2D eigenvalue weighted by molar-refractivity contribution is 6.01. The van der Waals surface area contributed by atoms with Gasteiger partial charge in [0.25, 0.3) is 5.91 Å². The van der Waals surface area contributed by atoms with E-state index in [1.54, 1.807) is 4.90 Å². The van der Waals surface area contributed by atoms with Crippen molar-refractivity contribution < 1.29 is 14.4 Å². The van der Waals surface area contributed by atoms with Crippen LogP contribution in [-0.2, 0) is 35.5 Å². The zero-order valence-electron chi connectivity index (χ0n) is 21.7. The smallest absolute Gasteiger partial charge is 0.255 e. The van der Waals surface area contributed by atoms with Crippen LogP contribution in [0.25, 0.3) is 0 Å². The molecule has 37 heavy (non-hydrogen) atoms. The third kappa shape index (κ3) is 6.00. The van der Waals surface area contributed by atoms with Crippen LogP contribution < -0.4 is 5.32 Å². The van der Waals surface area contributed by atoms with Crippen LogP contribution in [0.4, 0.5) is 0 Å². The van der Waals surface area contributed by atoms with Gasteiger partial charge in [0.05, 0.1) is 0 Å². The van der Waals surface area contributed by atoms with Crippen molar-refractivity contribution in [3.63, 3.8) is 0 Å². The molecule has 7 heteroatoms. The summed E-state index contributed by atoms with van der Waals surface area (Å²) in [5, 5.41) is 2.77. The maximum Gasteiger partial charge on any atom is 0.255 e. The Bertz CT molecular complexity index is 1220. The van der Waals surface area contributed by atoms with Crippen molar-refractivity contribution in [1.82, 2.24) is 20.0 Å². The SMILES string of the molecule is C=C1CCC(N2Cc3cc(CCC(=O)Cc4cccc(CN5CCN(C)CC5)c4)ccc3C2=O)C(=O)N1. The van der Waals surface area contributed by atoms with Crippen molar-refractivity contribution in [2.24, 2.45) is 0 Å². The van der Waals surface area contributed by atoms with Crippen molar-refractivity contribution in [2.75, 3.05) is 33.2 Å². The summed E-state index contributed by atoms with van der Waals surface area (Å²) in [6.07, 6.45) is 2.83. The number of likely N-dealkylation sites (N-methyl/N-ethyl adjacent to an activating group) is 1. The van der Waals surface area contributed by atoms with Crippen molar-refractivity contribution in [3.8, 4) is 0 Å². The standard InChI is InChI=1S/C30H36N4O3/c1-21-6-11-28(29(36)31-21)34-20-25-17-22(8-10-27(25)30(34)37)7-9-26(35)18-23-4-3-5-24(16-23)19-33-14-12-32(2)13-15-33/h3-5,8,10,16-17,28H,1,6-7,9,11-15,18-20H2,2H3,(H,31,36). The minimum Gasteiger partial charge on any atom is -0.329 e. The van der Waals surface area contributed by atoms with Gasteiger partial charge >= 0.3 is 0 Å². The van der Waals surface area contributed by atoms with Crippen molar-refractivity contribution >= 4 is 17.6 Å². The largest absolute Gasteiger partial charge is 0.329 e. The first-order chi connectivity index (χ1) is 17.9. The predicted molar refractivity (Wildman–Crippen MR) is 143 cm³/mol. The Morgan fingerprint density at radius 1 is 1.03 bits per heavy atom. The van der Waals surface area contributed by atoms with E-state index in [9.17, 15) is 14.4 Å². The Kier molecular flexibility index (Phi) is 7.53. The molecule has 194 valence electrons. The van der Waals surface area contributed by atoms with Gasteiger partial charge in [0.15, 0.2) is 0 Å². The van der Waals surface area contributed by atoms with E-state index in [4.69, 9.17) is 0 Å². The fraction of sp³-hybridized carbons (Fsp3) is 0.433. The number of nitrogens with one attached hydrogen (secondary N) is 1. The molecule has 0 aromatic heterocycles. The summed E-state index contributed by atoms with van der Waals surface area (Å²) in [4.78, 5) is 44.6. The molecule has 7 nitrogen and oxygen atoms in total. The van der Waals surface area contributed by atoms with E-state index in [1.807, 2.05) is 24.3 Å². The van der Waals surface area contributed by atoms with Crippen LogP contribution in [0.3, 0.4) is 0 Å². The molecule has 2 aromatic carbocycles. The molecule has 2 fully saturated rings. The number of hydrogen-bond acceptors (Lipinski definition) is 5. The van der Waals surface area contributed by atoms with Gasteiger partial charge in [-0.15, -0.1) is 0 Å². The normalized spacial score (nSPS) is 20.7. The lowest BCUT2D eigenvalue weighted by molar-refractivity contribution is -0.126. The predicted octanol–water partition coefficient (Wildman–Crippen LogP) is 2.93. The number of allylic oxidation sites excluding steroid dienone is 1. The lowest BCUT2D eigenvalue weighted by Gasteiger charge is -2.32. The molecule has 2 saturated heterocycles. The topological polar surface area (TPSA) is 73.0 Å². The number of fused-ring (bicyclic) bond motifs is 1. The fourth-order valence-electron chi connectivity index (χ4n) is 5.57. The number of carbonyl (C=O) groups is 3. The van der Waals surface area contributed by atoms with Crippen LogP contribution in [0.2, 0.25) is 0 Å². The number of rotatable bonds is 8. The fourth-order valence-corrected chi connectivity index (χ4v) is 5.57. The molecular weight excluding hydrogens is 464 g/mol. The number of hydrogen-bond donors (Lipinski definition) is 1. The average molecular weight is 501 g/mol. The summed E-state index contributed by atoms with van der Waals surface area (Å²) in [7, 11) is 2.16. The highest BCUT2D eigenvalue weighted by Crippen LogP contribution is 2.29. The van der Waals surface area contributed by atoms with Gasteiger partial charge in [-0.2, -0.15) is 0 Å². The number of amides is 2. The zero-order valence-corrected chi connectivity index (χ0v) is 21.7. The minimum atomic E-state index is -0.456. The number of piperazine rings is 1. The lowest BCUT2D eigenvalue weighted by atomic mass is 9.99. The summed E-state index contributed by atoms with van der Waals surface area (Å²) >= 11 is 0. The monoisotopic (exact) mass is 500 g/mol. The van der Waals surface area contributed by atoms with Crippen molar-refractivity contribution in [3.05, 3.63) is 82.6 Å². The van der Waals surface area contributed by atoms with Gasteiger partial charge < -0.3 is 15.1 Å². The van der Waals surface area contributed by atoms with Crippen LogP contribution >= 0.6 is 0 Å². The first-order valence-electron chi connectivity index (χ1n) is 13.3. The maximum atomic E-state index is 12.9. The van der Waals surface area contributed by atoms with Gasteiger partial charge in [-0.25, -0.2) is 0 Å². The Balaban J connectivity index is 1.14. The molecule has 0 radical (unpaired) electrons. The second-order valence-electron chi connectivity index (χ2n) is 10.7. The van der Waals surface area contributed by atoms with Crippen molar-refractivity contribution in [2.45, 2.75) is 51.2 Å². The molecule has 3 aliphatic rings. The summed E-state index contributed by atoms with van der Waals surface area (Å²) in [6, 6.07) is 13.8. The zero-order chi connectivity index (χ0) is 25.9. The Labute approximate surface area is 219 Å². The van der Waals surface area contributed by atoms with Gasteiger partial charge in [-0.1, -0.05) is 43.0 Å². The summed E-state index contributed by atoms with van der Waals surface area (Å²) in [5.41, 5.74) is 5.68. The summed E-state index contributed by atoms with van der Waals surface area (Å²) < 4.78 is 0. The molecule has 0 aliphatic carbocycles. The number of carbonyl (C=O) groups excluding carboxylic acids is 3. The Morgan fingerprint density at radius 3 is 2.59 bits per heavy atom. The number of aryl methyl sites for hydroxylation is 1. The quantitative estimate of drug-likeness (QED) is 0.604. The van der Waals surface area contributed by atoms with Crippen molar-refractivity contribution in [1.29, 1.82) is 0 Å². The van der Waals surface area contributed by atoms with E-state index >= 15 is 0 Å². The molecule has 1 N–H and O–H groups in total. The minimum absolute atomic E-state index is 0.0956. The highest BCUT2D eigenvalue weighted by Gasteiger charge is 2.38. The molecule has 5 rings (SSSR count). The van der Waals surface area contributed by atoms with Crippen LogP contribution in [0, 0.1) is 0 Å². The lowest BCUT2D eigenvalue weighted by Crippen LogP contribution is -2.49. The Morgan fingerprint density at radius 2 is 1.81 bits per heavy atom. The van der Waals surface area contributed by atoms with Gasteiger partial charge in [0.1, 0.15) is 11.8 Å². The molecular formula is C30H36N4O3. The highest BCUT2D eigenvalue weighted by atomic mass is 16.2. The molecule has 3 aliphatic heterocycles. The van der Waals surface area contributed by atoms with E-state index in [0.29, 0.717) is 49.9 Å². The second-order valence-corrected chi connectivity index (χ2v) is 10.7. The van der Waals surface area contributed by atoms with E-state index in [1.165, 1.54) is 5.56 Å². The number of nitrogens with zero attached hydrogens (tertiary/aromatic N) is 3. The number of Topliss-reactive ketones (excluding diaryl/α,β-unsaturated/α-hetero) is 1. The van der Waals surface area contributed by atoms with Crippen LogP contribution in [0.1, 0.15) is 51.9 Å². The molecule has 2 amide bonds. The molecule has 2 aromatic rings. The van der Waals surface area contributed by atoms with E-state index in [-0.39, 0.29) is 17.6 Å². The molecule has 0 saturated carbocycles. The Hall–Kier alpha value is -3.29. The van der Waals surface area contributed by atoms with Gasteiger partial charge in [0, 0.05) is 63.4 Å². The maximum absolute atomic E-state index is 12.9. The first kappa shape index (κ1) is 25.4. The summed E-state index contributed by atoms with van der Waals surface area (Å²) in [5.74, 6) is -0.0355. The molecule has 1 atom stereocenters. The summed E-state index contributed by atoms with van der Waals surface area (Å²) in [6.45, 7) is 9.53. The molecule has 3 heterocycles. The average Bonchev–Trinajstić information content (AvgIpc) is 3.20. The number of piperidine rings is 1. The van der Waals surface area contributed by atoms with E-state index < -0.39 is 6.04 Å².